The standard InChI is InChI=1S/C20H25N3O3/c1-13-7-14(2)9-17(8-13)20(25)23-6-4-5-16(12-23)19(24)21-11-18-10-15(3)26-22-18/h7-10,16H,4-6,11-12H2,1-3H3,(H,21,24). The van der Waals surface area contributed by atoms with Gasteiger partial charge in [-0.3, -0.25) is 9.59 Å². The summed E-state index contributed by atoms with van der Waals surface area (Å²) in [6.07, 6.45) is 1.62. The number of rotatable bonds is 4. The molecule has 1 aromatic carbocycles. The molecule has 1 N–H and O–H groups in total. The van der Waals surface area contributed by atoms with E-state index in [4.69, 9.17) is 4.52 Å². The average molecular weight is 355 g/mol. The highest BCUT2D eigenvalue weighted by Gasteiger charge is 2.29. The molecule has 1 saturated heterocycles. The number of carbonyl (C=O) groups is 2. The zero-order valence-electron chi connectivity index (χ0n) is 15.5. The third-order valence-corrected chi connectivity index (χ3v) is 4.67. The Balaban J connectivity index is 1.61. The third-order valence-electron chi connectivity index (χ3n) is 4.67. The molecule has 1 aliphatic rings. The van der Waals surface area contributed by atoms with E-state index in [9.17, 15) is 9.59 Å². The minimum atomic E-state index is -0.188. The molecule has 6 nitrogen and oxygen atoms in total. The molecule has 0 radical (unpaired) electrons. The Hall–Kier alpha value is -2.63. The van der Waals surface area contributed by atoms with Gasteiger partial charge in [-0.1, -0.05) is 22.3 Å². The predicted molar refractivity (Wildman–Crippen MR) is 97.6 cm³/mol. The molecular weight excluding hydrogens is 330 g/mol. The van der Waals surface area contributed by atoms with Crippen LogP contribution in [0.15, 0.2) is 28.8 Å². The highest BCUT2D eigenvalue weighted by Crippen LogP contribution is 2.20. The van der Waals surface area contributed by atoms with E-state index in [-0.39, 0.29) is 17.7 Å². The summed E-state index contributed by atoms with van der Waals surface area (Å²) in [5.74, 6) is 0.494. The van der Waals surface area contributed by atoms with Gasteiger partial charge >= 0.3 is 0 Å². The van der Waals surface area contributed by atoms with Gasteiger partial charge in [0.1, 0.15) is 11.5 Å². The molecule has 0 aliphatic carbocycles. The van der Waals surface area contributed by atoms with Crippen molar-refractivity contribution >= 4 is 11.8 Å². The number of piperidine rings is 1. The molecule has 1 fully saturated rings. The van der Waals surface area contributed by atoms with Crippen LogP contribution in [0.3, 0.4) is 0 Å². The molecule has 0 spiro atoms. The monoisotopic (exact) mass is 355 g/mol. The lowest BCUT2D eigenvalue weighted by Gasteiger charge is -2.32. The number of amides is 2. The van der Waals surface area contributed by atoms with Crippen LogP contribution in [0, 0.1) is 26.7 Å². The summed E-state index contributed by atoms with van der Waals surface area (Å²) in [5, 5.41) is 6.78. The van der Waals surface area contributed by atoms with Gasteiger partial charge < -0.3 is 14.7 Å². The highest BCUT2D eigenvalue weighted by molar-refractivity contribution is 5.95. The summed E-state index contributed by atoms with van der Waals surface area (Å²) in [6.45, 7) is 7.28. The molecule has 3 rings (SSSR count). The Bertz CT molecular complexity index is 792. The largest absolute Gasteiger partial charge is 0.361 e. The Morgan fingerprint density at radius 3 is 2.58 bits per heavy atom. The van der Waals surface area contributed by atoms with Gasteiger partial charge in [0.2, 0.25) is 5.91 Å². The van der Waals surface area contributed by atoms with Gasteiger partial charge in [0.15, 0.2) is 0 Å². The quantitative estimate of drug-likeness (QED) is 0.915. The zero-order valence-corrected chi connectivity index (χ0v) is 15.5. The number of nitrogens with one attached hydrogen (secondary N) is 1. The average Bonchev–Trinajstić information content (AvgIpc) is 3.03. The number of benzene rings is 1. The van der Waals surface area contributed by atoms with Gasteiger partial charge in [0, 0.05) is 24.7 Å². The van der Waals surface area contributed by atoms with E-state index in [2.05, 4.69) is 16.5 Å². The van der Waals surface area contributed by atoms with Crippen LogP contribution >= 0.6 is 0 Å². The molecule has 1 atom stereocenters. The SMILES string of the molecule is Cc1cc(C)cc(C(=O)N2CCCC(C(=O)NCc3cc(C)on3)C2)c1. The van der Waals surface area contributed by atoms with Crippen molar-refractivity contribution in [3.05, 3.63) is 52.4 Å². The molecule has 0 bridgehead atoms. The Morgan fingerprint density at radius 1 is 1.19 bits per heavy atom. The summed E-state index contributed by atoms with van der Waals surface area (Å²) in [4.78, 5) is 27.1. The van der Waals surface area contributed by atoms with E-state index >= 15 is 0 Å². The van der Waals surface area contributed by atoms with Crippen molar-refractivity contribution in [3.8, 4) is 0 Å². The van der Waals surface area contributed by atoms with Crippen LogP contribution in [0.5, 0.6) is 0 Å². The lowest BCUT2D eigenvalue weighted by Crippen LogP contribution is -2.45. The number of likely N-dealkylation sites (tertiary alicyclic amines) is 1. The second-order valence-corrected chi connectivity index (χ2v) is 7.11. The van der Waals surface area contributed by atoms with Crippen molar-refractivity contribution in [1.29, 1.82) is 0 Å². The molecule has 6 heteroatoms. The van der Waals surface area contributed by atoms with Crippen LogP contribution in [0.2, 0.25) is 0 Å². The van der Waals surface area contributed by atoms with Crippen molar-refractivity contribution < 1.29 is 14.1 Å². The van der Waals surface area contributed by atoms with Gasteiger partial charge in [-0.15, -0.1) is 0 Å². The molecule has 138 valence electrons. The Morgan fingerprint density at radius 2 is 1.92 bits per heavy atom. The normalized spacial score (nSPS) is 17.2. The van der Waals surface area contributed by atoms with Gasteiger partial charge in [0.25, 0.3) is 5.91 Å². The van der Waals surface area contributed by atoms with E-state index in [1.54, 1.807) is 11.0 Å². The van der Waals surface area contributed by atoms with Crippen LogP contribution in [-0.2, 0) is 11.3 Å². The van der Waals surface area contributed by atoms with Crippen LogP contribution in [0.4, 0.5) is 0 Å². The molecule has 26 heavy (non-hydrogen) atoms. The Labute approximate surface area is 153 Å². The number of carbonyl (C=O) groups excluding carboxylic acids is 2. The number of aryl methyl sites for hydroxylation is 3. The number of hydrogen-bond donors (Lipinski definition) is 1. The first kappa shape index (κ1) is 18.2. The predicted octanol–water partition coefficient (Wildman–Crippen LogP) is 2.77. The first-order valence-electron chi connectivity index (χ1n) is 9.00. The topological polar surface area (TPSA) is 75.4 Å². The summed E-state index contributed by atoms with van der Waals surface area (Å²) in [6, 6.07) is 7.67. The molecular formula is C20H25N3O3. The molecule has 1 aliphatic heterocycles. The molecule has 1 unspecified atom stereocenters. The van der Waals surface area contributed by atoms with Crippen LogP contribution in [0.25, 0.3) is 0 Å². The second kappa shape index (κ2) is 7.72. The Kier molecular flexibility index (Phi) is 5.40. The van der Waals surface area contributed by atoms with E-state index in [0.717, 1.165) is 29.7 Å². The molecule has 2 amide bonds. The van der Waals surface area contributed by atoms with E-state index in [0.29, 0.717) is 30.9 Å². The van der Waals surface area contributed by atoms with Crippen LogP contribution in [0.1, 0.15) is 45.8 Å². The van der Waals surface area contributed by atoms with Crippen LogP contribution in [-0.4, -0.2) is 35.0 Å². The zero-order chi connectivity index (χ0) is 18.7. The van der Waals surface area contributed by atoms with Crippen LogP contribution < -0.4 is 5.32 Å². The summed E-state index contributed by atoms with van der Waals surface area (Å²) < 4.78 is 5.00. The van der Waals surface area contributed by atoms with Gasteiger partial charge in [-0.25, -0.2) is 0 Å². The third kappa shape index (κ3) is 4.31. The van der Waals surface area contributed by atoms with Crippen molar-refractivity contribution in [2.45, 2.75) is 40.2 Å². The minimum Gasteiger partial charge on any atom is -0.361 e. The van der Waals surface area contributed by atoms with E-state index in [1.807, 2.05) is 32.9 Å². The molecule has 2 heterocycles. The first-order valence-corrected chi connectivity index (χ1v) is 9.00. The van der Waals surface area contributed by atoms with Gasteiger partial charge in [-0.05, 0) is 45.7 Å². The molecule has 0 saturated carbocycles. The number of hydrogen-bond acceptors (Lipinski definition) is 4. The fourth-order valence-electron chi connectivity index (χ4n) is 3.48. The molecule has 1 aromatic heterocycles. The smallest absolute Gasteiger partial charge is 0.253 e. The summed E-state index contributed by atoms with van der Waals surface area (Å²) >= 11 is 0. The van der Waals surface area contributed by atoms with Gasteiger partial charge in [-0.2, -0.15) is 0 Å². The highest BCUT2D eigenvalue weighted by atomic mass is 16.5. The van der Waals surface area contributed by atoms with Crippen molar-refractivity contribution in [3.63, 3.8) is 0 Å². The van der Waals surface area contributed by atoms with Crippen molar-refractivity contribution in [2.24, 2.45) is 5.92 Å². The maximum absolute atomic E-state index is 12.8. The maximum Gasteiger partial charge on any atom is 0.253 e. The summed E-state index contributed by atoms with van der Waals surface area (Å²) in [7, 11) is 0. The van der Waals surface area contributed by atoms with E-state index in [1.165, 1.54) is 0 Å². The van der Waals surface area contributed by atoms with E-state index < -0.39 is 0 Å². The fourth-order valence-corrected chi connectivity index (χ4v) is 3.48. The fraction of sp³-hybridized carbons (Fsp3) is 0.450. The lowest BCUT2D eigenvalue weighted by molar-refractivity contribution is -0.126. The van der Waals surface area contributed by atoms with Gasteiger partial charge in [0.05, 0.1) is 12.5 Å². The second-order valence-electron chi connectivity index (χ2n) is 7.11. The summed E-state index contributed by atoms with van der Waals surface area (Å²) in [5.41, 5.74) is 3.54. The number of aromatic nitrogens is 1. The van der Waals surface area contributed by atoms with Crippen molar-refractivity contribution in [2.75, 3.05) is 13.1 Å². The maximum atomic E-state index is 12.8. The number of nitrogens with zero attached hydrogens (tertiary/aromatic N) is 2. The van der Waals surface area contributed by atoms with Crippen molar-refractivity contribution in [1.82, 2.24) is 15.4 Å². The lowest BCUT2D eigenvalue weighted by atomic mass is 9.96. The minimum absolute atomic E-state index is 0.00132. The first-order chi connectivity index (χ1) is 12.4. The molecule has 2 aromatic rings.